The zero-order chi connectivity index (χ0) is 22.1. The highest BCUT2D eigenvalue weighted by atomic mass is 16.5. The molecule has 30 heavy (non-hydrogen) atoms. The Balaban J connectivity index is 2.12. The summed E-state index contributed by atoms with van der Waals surface area (Å²) in [7, 11) is -1.78. The van der Waals surface area contributed by atoms with Gasteiger partial charge in [-0.15, -0.1) is 0 Å². The van der Waals surface area contributed by atoms with E-state index in [1.165, 1.54) is 18.6 Å². The molecule has 3 amide bonds. The zero-order valence-electron chi connectivity index (χ0n) is 17.2. The summed E-state index contributed by atoms with van der Waals surface area (Å²) < 4.78 is 5.23. The SMILES string of the molecule is CC(C)C[C@H](NC(=O)[C@@H](CC(=O)N1CCOCC1)NC(=O)c1cnccn1)B(O)O. The smallest absolute Gasteiger partial charge is 0.426 e. The van der Waals surface area contributed by atoms with Crippen LogP contribution in [0.15, 0.2) is 18.6 Å². The van der Waals surface area contributed by atoms with Gasteiger partial charge in [-0.3, -0.25) is 19.4 Å². The highest BCUT2D eigenvalue weighted by Gasteiger charge is 2.32. The van der Waals surface area contributed by atoms with Crippen LogP contribution in [0.25, 0.3) is 0 Å². The average molecular weight is 421 g/mol. The largest absolute Gasteiger partial charge is 0.475 e. The van der Waals surface area contributed by atoms with Gasteiger partial charge in [-0.2, -0.15) is 0 Å². The summed E-state index contributed by atoms with van der Waals surface area (Å²) in [5.74, 6) is -2.52. The van der Waals surface area contributed by atoms with Crippen molar-refractivity contribution in [1.29, 1.82) is 0 Å². The molecule has 1 aromatic rings. The van der Waals surface area contributed by atoms with Crippen molar-refractivity contribution in [3.05, 3.63) is 24.3 Å². The monoisotopic (exact) mass is 421 g/mol. The van der Waals surface area contributed by atoms with Gasteiger partial charge < -0.3 is 30.3 Å². The van der Waals surface area contributed by atoms with Crippen LogP contribution in [0.1, 0.15) is 37.2 Å². The highest BCUT2D eigenvalue weighted by Crippen LogP contribution is 2.09. The number of amides is 3. The fourth-order valence-electron chi connectivity index (χ4n) is 3.02. The molecule has 1 saturated heterocycles. The maximum atomic E-state index is 12.8. The minimum atomic E-state index is -1.78. The molecular weight excluding hydrogens is 393 g/mol. The maximum Gasteiger partial charge on any atom is 0.475 e. The molecule has 0 aliphatic carbocycles. The van der Waals surface area contributed by atoms with Crippen molar-refractivity contribution < 1.29 is 29.2 Å². The van der Waals surface area contributed by atoms with E-state index in [0.29, 0.717) is 32.7 Å². The molecule has 1 aromatic heterocycles. The second-order valence-electron chi connectivity index (χ2n) is 7.47. The first-order valence-corrected chi connectivity index (χ1v) is 9.86. The Labute approximate surface area is 175 Å². The predicted octanol–water partition coefficient (Wildman–Crippen LogP) is -1.63. The Morgan fingerprint density at radius 1 is 1.20 bits per heavy atom. The van der Waals surface area contributed by atoms with Crippen molar-refractivity contribution in [2.75, 3.05) is 26.3 Å². The Bertz CT molecular complexity index is 714. The number of rotatable bonds is 9. The van der Waals surface area contributed by atoms with E-state index in [-0.39, 0.29) is 23.9 Å². The van der Waals surface area contributed by atoms with Crippen LogP contribution in [-0.2, 0) is 14.3 Å². The average Bonchev–Trinajstić information content (AvgIpc) is 2.73. The van der Waals surface area contributed by atoms with Gasteiger partial charge in [-0.1, -0.05) is 13.8 Å². The second kappa shape index (κ2) is 11.6. The van der Waals surface area contributed by atoms with E-state index in [9.17, 15) is 24.4 Å². The van der Waals surface area contributed by atoms with Gasteiger partial charge in [0.2, 0.25) is 11.8 Å². The summed E-state index contributed by atoms with van der Waals surface area (Å²) in [5, 5.41) is 24.2. The summed E-state index contributed by atoms with van der Waals surface area (Å²) in [5.41, 5.74) is -0.00459. The van der Waals surface area contributed by atoms with Gasteiger partial charge in [0.1, 0.15) is 11.7 Å². The molecule has 0 unspecified atom stereocenters. The first-order chi connectivity index (χ1) is 14.3. The summed E-state index contributed by atoms with van der Waals surface area (Å²) in [6.45, 7) is 5.35. The van der Waals surface area contributed by atoms with Gasteiger partial charge in [-0.05, 0) is 12.3 Å². The van der Waals surface area contributed by atoms with Crippen LogP contribution < -0.4 is 10.6 Å². The third kappa shape index (κ3) is 7.36. The third-order valence-corrected chi connectivity index (χ3v) is 4.57. The van der Waals surface area contributed by atoms with Crippen molar-refractivity contribution in [1.82, 2.24) is 25.5 Å². The second-order valence-corrected chi connectivity index (χ2v) is 7.47. The fourth-order valence-corrected chi connectivity index (χ4v) is 3.02. The van der Waals surface area contributed by atoms with Crippen molar-refractivity contribution >= 4 is 24.8 Å². The summed E-state index contributed by atoms with van der Waals surface area (Å²) in [6.07, 6.45) is 4.01. The first kappa shape index (κ1) is 23.7. The number of nitrogens with zero attached hydrogens (tertiary/aromatic N) is 3. The van der Waals surface area contributed by atoms with Gasteiger partial charge in [0.15, 0.2) is 0 Å². The van der Waals surface area contributed by atoms with E-state index in [0.717, 1.165) is 0 Å². The molecule has 1 aliphatic heterocycles. The van der Waals surface area contributed by atoms with E-state index in [1.807, 2.05) is 13.8 Å². The molecule has 1 aliphatic rings. The fraction of sp³-hybridized carbons (Fsp3) is 0.611. The Hall–Kier alpha value is -2.57. The standard InChI is InChI=1S/C18H28BN5O6/c1-12(2)9-15(19(28)29)23-17(26)13(10-16(25)24-5-7-30-8-6-24)22-18(27)14-11-20-3-4-21-14/h3-4,11-13,15,28-29H,5-10H2,1-2H3,(H,22,27)(H,23,26)/t13-,15+/m1/s1. The number of nitrogens with one attached hydrogen (secondary N) is 2. The first-order valence-electron chi connectivity index (χ1n) is 9.86. The normalized spacial score (nSPS) is 16.0. The molecule has 0 saturated carbocycles. The summed E-state index contributed by atoms with van der Waals surface area (Å²) in [6, 6.07) is -1.22. The molecule has 11 nitrogen and oxygen atoms in total. The number of ether oxygens (including phenoxy) is 1. The van der Waals surface area contributed by atoms with Crippen molar-refractivity contribution in [2.24, 2.45) is 5.92 Å². The van der Waals surface area contributed by atoms with Gasteiger partial charge in [0, 0.05) is 25.5 Å². The summed E-state index contributed by atoms with van der Waals surface area (Å²) in [4.78, 5) is 47.2. The van der Waals surface area contributed by atoms with Gasteiger partial charge in [-0.25, -0.2) is 4.98 Å². The molecule has 1 fully saturated rings. The topological polar surface area (TPSA) is 154 Å². The minimum absolute atomic E-state index is 0.00459. The number of hydrogen-bond acceptors (Lipinski definition) is 8. The molecule has 2 rings (SSSR count). The predicted molar refractivity (Wildman–Crippen MR) is 107 cm³/mol. The molecule has 0 spiro atoms. The molecule has 0 bridgehead atoms. The number of morpholine rings is 1. The Kier molecular flexibility index (Phi) is 9.15. The number of carbonyl (C=O) groups excluding carboxylic acids is 3. The van der Waals surface area contributed by atoms with Crippen LogP contribution in [0.2, 0.25) is 0 Å². The quantitative estimate of drug-likeness (QED) is 0.347. The van der Waals surface area contributed by atoms with Crippen LogP contribution in [0, 0.1) is 5.92 Å². The zero-order valence-corrected chi connectivity index (χ0v) is 17.2. The van der Waals surface area contributed by atoms with E-state index >= 15 is 0 Å². The van der Waals surface area contributed by atoms with Gasteiger partial charge in [0.05, 0.1) is 31.8 Å². The highest BCUT2D eigenvalue weighted by molar-refractivity contribution is 6.43. The Morgan fingerprint density at radius 2 is 1.90 bits per heavy atom. The van der Waals surface area contributed by atoms with Crippen LogP contribution in [-0.4, -0.2) is 88.0 Å². The van der Waals surface area contributed by atoms with Crippen molar-refractivity contribution in [3.63, 3.8) is 0 Å². The number of hydrogen-bond donors (Lipinski definition) is 4. The van der Waals surface area contributed by atoms with Crippen LogP contribution in [0.5, 0.6) is 0 Å². The number of aromatic nitrogens is 2. The molecule has 12 heteroatoms. The van der Waals surface area contributed by atoms with E-state index in [1.54, 1.807) is 4.90 Å². The lowest BCUT2D eigenvalue weighted by Crippen LogP contribution is -2.56. The number of carbonyl (C=O) groups is 3. The molecule has 0 radical (unpaired) electrons. The van der Waals surface area contributed by atoms with Crippen LogP contribution in [0.4, 0.5) is 0 Å². The molecule has 164 valence electrons. The lowest BCUT2D eigenvalue weighted by atomic mass is 9.75. The Morgan fingerprint density at radius 3 is 2.47 bits per heavy atom. The lowest BCUT2D eigenvalue weighted by molar-refractivity contribution is -0.138. The maximum absolute atomic E-state index is 12.8. The van der Waals surface area contributed by atoms with Crippen LogP contribution in [0.3, 0.4) is 0 Å². The molecule has 2 atom stereocenters. The van der Waals surface area contributed by atoms with Crippen LogP contribution >= 0.6 is 0 Å². The molecular formula is C18H28BN5O6. The lowest BCUT2D eigenvalue weighted by Gasteiger charge is -2.29. The van der Waals surface area contributed by atoms with Gasteiger partial charge >= 0.3 is 7.12 Å². The summed E-state index contributed by atoms with van der Waals surface area (Å²) >= 11 is 0. The minimum Gasteiger partial charge on any atom is -0.426 e. The molecule has 4 N–H and O–H groups in total. The van der Waals surface area contributed by atoms with E-state index in [2.05, 4.69) is 20.6 Å². The van der Waals surface area contributed by atoms with Crippen molar-refractivity contribution in [2.45, 2.75) is 38.7 Å². The van der Waals surface area contributed by atoms with Crippen molar-refractivity contribution in [3.8, 4) is 0 Å². The van der Waals surface area contributed by atoms with E-state index in [4.69, 9.17) is 4.74 Å². The molecule has 0 aromatic carbocycles. The van der Waals surface area contributed by atoms with E-state index < -0.39 is 30.9 Å². The third-order valence-electron chi connectivity index (χ3n) is 4.57. The molecule has 2 heterocycles. The van der Waals surface area contributed by atoms with Gasteiger partial charge in [0.25, 0.3) is 5.91 Å².